The topological polar surface area (TPSA) is 57.6 Å². The summed E-state index contributed by atoms with van der Waals surface area (Å²) in [5.74, 6) is -0.179. The summed E-state index contributed by atoms with van der Waals surface area (Å²) in [6.45, 7) is 0.286. The van der Waals surface area contributed by atoms with E-state index in [-0.39, 0.29) is 12.5 Å². The van der Waals surface area contributed by atoms with Gasteiger partial charge in [0.25, 0.3) is 5.91 Å². The van der Waals surface area contributed by atoms with Gasteiger partial charge in [0.05, 0.1) is 0 Å². The minimum atomic E-state index is -0.946. The minimum absolute atomic E-state index is 0.179. The van der Waals surface area contributed by atoms with E-state index in [1.165, 1.54) is 4.90 Å². The highest BCUT2D eigenvalue weighted by atomic mass is 16.3. The molecule has 1 heterocycles. The van der Waals surface area contributed by atoms with Crippen LogP contribution in [0.3, 0.4) is 0 Å². The first-order valence-electron chi connectivity index (χ1n) is 7.74. The fraction of sp³-hybridized carbons (Fsp3) is 0.100. The molecule has 3 aromatic rings. The van der Waals surface area contributed by atoms with Crippen molar-refractivity contribution in [2.24, 2.45) is 0 Å². The van der Waals surface area contributed by atoms with E-state index in [4.69, 9.17) is 0 Å². The summed E-state index contributed by atoms with van der Waals surface area (Å²) < 4.78 is 0. The van der Waals surface area contributed by atoms with Gasteiger partial charge in [0.2, 0.25) is 0 Å². The van der Waals surface area contributed by atoms with Crippen molar-refractivity contribution >= 4 is 23.0 Å². The third kappa shape index (κ3) is 2.12. The van der Waals surface area contributed by atoms with Gasteiger partial charge in [-0.1, -0.05) is 54.6 Å². The third-order valence-electron chi connectivity index (χ3n) is 4.54. The molecule has 4 nitrogen and oxygen atoms in total. The maximum Gasteiger partial charge on any atom is 0.256 e. The van der Waals surface area contributed by atoms with Gasteiger partial charge in [0, 0.05) is 23.2 Å². The molecule has 0 fully saturated rings. The van der Waals surface area contributed by atoms with Crippen LogP contribution in [0.25, 0.3) is 10.8 Å². The summed E-state index contributed by atoms with van der Waals surface area (Å²) in [4.78, 5) is 25.3. The number of hydrogen-bond donors (Lipinski definition) is 1. The largest absolute Gasteiger partial charge is 0.369 e. The molecule has 0 saturated carbocycles. The number of aliphatic hydroxyl groups is 1. The second kappa shape index (κ2) is 5.58. The van der Waals surface area contributed by atoms with Crippen LogP contribution in [0, 0.1) is 0 Å². The normalized spacial score (nSPS) is 16.5. The molecule has 1 amide bonds. The Balaban J connectivity index is 1.76. The summed E-state index contributed by atoms with van der Waals surface area (Å²) in [6, 6.07) is 18.3. The fourth-order valence-electron chi connectivity index (χ4n) is 3.32. The average molecular weight is 317 g/mol. The van der Waals surface area contributed by atoms with Gasteiger partial charge in [0.1, 0.15) is 0 Å². The molecular weight excluding hydrogens is 302 g/mol. The van der Waals surface area contributed by atoms with Gasteiger partial charge >= 0.3 is 0 Å². The van der Waals surface area contributed by atoms with Gasteiger partial charge in [-0.15, -0.1) is 0 Å². The highest BCUT2D eigenvalue weighted by Crippen LogP contribution is 2.34. The summed E-state index contributed by atoms with van der Waals surface area (Å²) in [7, 11) is 0. The van der Waals surface area contributed by atoms with Gasteiger partial charge in [-0.25, -0.2) is 0 Å². The molecule has 0 aromatic heterocycles. The molecule has 1 unspecified atom stereocenters. The summed E-state index contributed by atoms with van der Waals surface area (Å²) >= 11 is 0. The number of rotatable bonds is 3. The summed E-state index contributed by atoms with van der Waals surface area (Å²) in [5, 5.41) is 12.3. The Morgan fingerprint density at radius 1 is 0.958 bits per heavy atom. The van der Waals surface area contributed by atoms with Crippen molar-refractivity contribution in [1.29, 1.82) is 0 Å². The molecular formula is C20H15NO3. The first kappa shape index (κ1) is 14.6. The molecule has 4 rings (SSSR count). The molecule has 0 spiro atoms. The van der Waals surface area contributed by atoms with Crippen LogP contribution < -0.4 is 0 Å². The zero-order valence-electron chi connectivity index (χ0n) is 12.8. The van der Waals surface area contributed by atoms with Crippen molar-refractivity contribution in [3.63, 3.8) is 0 Å². The molecule has 3 aromatic carbocycles. The Labute approximate surface area is 139 Å². The van der Waals surface area contributed by atoms with E-state index >= 15 is 0 Å². The zero-order chi connectivity index (χ0) is 16.7. The minimum Gasteiger partial charge on any atom is -0.369 e. The molecule has 1 atom stereocenters. The number of hydrogen-bond acceptors (Lipinski definition) is 3. The monoisotopic (exact) mass is 317 g/mol. The summed E-state index contributed by atoms with van der Waals surface area (Å²) in [5.41, 5.74) is 2.69. The van der Waals surface area contributed by atoms with Gasteiger partial charge < -0.3 is 10.0 Å². The number of amides is 1. The lowest BCUT2D eigenvalue weighted by Gasteiger charge is -2.22. The Hall–Kier alpha value is -2.98. The zero-order valence-corrected chi connectivity index (χ0v) is 12.8. The Morgan fingerprint density at radius 2 is 1.67 bits per heavy atom. The van der Waals surface area contributed by atoms with Crippen molar-refractivity contribution < 1.29 is 14.7 Å². The maximum atomic E-state index is 12.6. The van der Waals surface area contributed by atoms with E-state index in [1.807, 2.05) is 36.4 Å². The van der Waals surface area contributed by atoms with Crippen LogP contribution in [0.2, 0.25) is 0 Å². The molecule has 118 valence electrons. The number of benzene rings is 3. The van der Waals surface area contributed by atoms with Crippen molar-refractivity contribution in [2.75, 3.05) is 0 Å². The lowest BCUT2D eigenvalue weighted by atomic mass is 10.00. The SMILES string of the molecule is O=Cc1ccc(CN2C(=O)c3ccccc3C2O)c2ccccc12. The lowest BCUT2D eigenvalue weighted by molar-refractivity contribution is 0.0139. The molecule has 0 saturated heterocycles. The molecule has 4 heteroatoms. The predicted octanol–water partition coefficient (Wildman–Crippen LogP) is 3.30. The van der Waals surface area contributed by atoms with Crippen LogP contribution in [0.1, 0.15) is 38.1 Å². The van der Waals surface area contributed by atoms with Crippen molar-refractivity contribution in [3.05, 3.63) is 82.9 Å². The number of aliphatic hydroxyl groups excluding tert-OH is 1. The lowest BCUT2D eigenvalue weighted by Crippen LogP contribution is -2.27. The second-order valence-corrected chi connectivity index (χ2v) is 5.87. The molecule has 0 aliphatic carbocycles. The van der Waals surface area contributed by atoms with E-state index < -0.39 is 6.23 Å². The van der Waals surface area contributed by atoms with E-state index in [2.05, 4.69) is 0 Å². The van der Waals surface area contributed by atoms with E-state index in [1.54, 1.807) is 24.3 Å². The van der Waals surface area contributed by atoms with E-state index in [9.17, 15) is 14.7 Å². The van der Waals surface area contributed by atoms with Crippen LogP contribution in [0.5, 0.6) is 0 Å². The van der Waals surface area contributed by atoms with Gasteiger partial charge in [-0.2, -0.15) is 0 Å². The van der Waals surface area contributed by atoms with Crippen LogP contribution in [-0.4, -0.2) is 22.2 Å². The quantitative estimate of drug-likeness (QED) is 0.754. The highest BCUT2D eigenvalue weighted by molar-refractivity contribution is 6.01. The number of fused-ring (bicyclic) bond motifs is 2. The molecule has 24 heavy (non-hydrogen) atoms. The average Bonchev–Trinajstić information content (AvgIpc) is 2.87. The van der Waals surface area contributed by atoms with Gasteiger partial charge in [-0.3, -0.25) is 9.59 Å². The second-order valence-electron chi connectivity index (χ2n) is 5.87. The first-order valence-corrected chi connectivity index (χ1v) is 7.74. The van der Waals surface area contributed by atoms with Crippen molar-refractivity contribution in [2.45, 2.75) is 12.8 Å². The fourth-order valence-corrected chi connectivity index (χ4v) is 3.32. The van der Waals surface area contributed by atoms with Crippen LogP contribution in [-0.2, 0) is 6.54 Å². The predicted molar refractivity (Wildman–Crippen MR) is 90.6 cm³/mol. The molecule has 0 bridgehead atoms. The van der Waals surface area contributed by atoms with E-state index in [0.29, 0.717) is 16.7 Å². The Morgan fingerprint density at radius 3 is 2.42 bits per heavy atom. The highest BCUT2D eigenvalue weighted by Gasteiger charge is 2.35. The van der Waals surface area contributed by atoms with Crippen molar-refractivity contribution in [1.82, 2.24) is 4.90 Å². The van der Waals surface area contributed by atoms with E-state index in [0.717, 1.165) is 22.6 Å². The third-order valence-corrected chi connectivity index (χ3v) is 4.54. The molecule has 1 aliphatic rings. The smallest absolute Gasteiger partial charge is 0.256 e. The van der Waals surface area contributed by atoms with Gasteiger partial charge in [0.15, 0.2) is 12.5 Å². The molecule has 0 radical (unpaired) electrons. The Bertz CT molecular complexity index is 964. The maximum absolute atomic E-state index is 12.6. The number of aldehydes is 1. The number of carbonyl (C=O) groups excluding carboxylic acids is 2. The molecule has 1 aliphatic heterocycles. The van der Waals surface area contributed by atoms with Crippen LogP contribution in [0.15, 0.2) is 60.7 Å². The van der Waals surface area contributed by atoms with Gasteiger partial charge in [-0.05, 0) is 22.4 Å². The van der Waals surface area contributed by atoms with Crippen LogP contribution in [0.4, 0.5) is 0 Å². The molecule has 1 N–H and O–H groups in total. The van der Waals surface area contributed by atoms with Crippen molar-refractivity contribution in [3.8, 4) is 0 Å². The number of carbonyl (C=O) groups is 2. The number of nitrogens with zero attached hydrogens (tertiary/aromatic N) is 1. The van der Waals surface area contributed by atoms with Crippen LogP contribution >= 0.6 is 0 Å². The summed E-state index contributed by atoms with van der Waals surface area (Å²) in [6.07, 6.45) is -0.115. The Kier molecular flexibility index (Phi) is 3.40. The first-order chi connectivity index (χ1) is 11.7. The standard InChI is InChI=1S/C20H15NO3/c22-12-14-10-9-13(15-5-1-2-6-16(14)15)11-21-19(23)17-7-3-4-8-18(17)20(21)24/h1-10,12,19,23H,11H2.